The van der Waals surface area contributed by atoms with Crippen molar-refractivity contribution < 1.29 is 234 Å². The summed E-state index contributed by atoms with van der Waals surface area (Å²) in [6, 6.07) is -0.516. The molecule has 0 saturated carbocycles. The van der Waals surface area contributed by atoms with Gasteiger partial charge in [-0.25, -0.2) is 22.0 Å². The maximum atomic E-state index is 20.1. The Hall–Kier alpha value is -3.86. The zero-order chi connectivity index (χ0) is 107. The second-order valence-corrected chi connectivity index (χ2v) is 39.3. The Kier molecular flexibility index (Phi) is 33.6. The molecule has 0 aromatic carbocycles. The molecule has 130 heavy (non-hydrogen) atoms. The fraction of sp³-hybridized carbons (Fsp3) is 0.986. The van der Waals surface area contributed by atoms with Gasteiger partial charge in [0.25, 0.3) is 24.0 Å². The maximum Gasteiger partial charge on any atom is 0.460 e. The predicted octanol–water partition coefficient (Wildman–Crippen LogP) is 29.2. The number of nitriles is 1. The Morgan fingerprint density at radius 2 is 0.531 bits per heavy atom. The van der Waals surface area contributed by atoms with E-state index in [2.05, 4.69) is 18.9 Å². The molecule has 778 valence electrons. The molecule has 0 aromatic heterocycles. The molecule has 56 heteroatoms. The number of ether oxygens (including phenoxy) is 4. The molecule has 0 aliphatic carbocycles. The molecule has 11 unspecified atom stereocenters. The number of alkyl halides is 43. The minimum atomic E-state index is -9.15. The minimum absolute atomic E-state index is 0.00539. The van der Waals surface area contributed by atoms with Gasteiger partial charge < -0.3 is 9.47 Å². The van der Waals surface area contributed by atoms with Crippen molar-refractivity contribution in [2.45, 2.75) is 398 Å². The van der Waals surface area contributed by atoms with E-state index >= 15 is 158 Å². The van der Waals surface area contributed by atoms with Crippen LogP contribution in [0.3, 0.4) is 0 Å². The van der Waals surface area contributed by atoms with Crippen LogP contribution in [-0.4, -0.2) is 173 Å². The van der Waals surface area contributed by atoms with Crippen molar-refractivity contribution in [2.75, 3.05) is 0 Å². The summed E-state index contributed by atoms with van der Waals surface area (Å²) in [5.74, 6) is -126. The summed E-state index contributed by atoms with van der Waals surface area (Å²) in [5.41, 5.74) is -69.1. The Balaban J connectivity index is 11.1. The quantitative estimate of drug-likeness (QED) is 0.0439. The van der Waals surface area contributed by atoms with E-state index in [0.717, 1.165) is 0 Å². The molecule has 11 atom stereocenters. The van der Waals surface area contributed by atoms with Crippen molar-refractivity contribution in [1.82, 2.24) is 0 Å². The summed E-state index contributed by atoms with van der Waals surface area (Å²) in [5, 5.41) is -7.45. The van der Waals surface area contributed by atoms with Crippen molar-refractivity contribution in [2.24, 2.45) is 59.6 Å². The van der Waals surface area contributed by atoms with E-state index in [1.165, 1.54) is 0 Å². The molecule has 0 heterocycles. The summed E-state index contributed by atoms with van der Waals surface area (Å²) in [4.78, 5) is 0. The Morgan fingerprint density at radius 3 is 0.769 bits per heavy atom. The van der Waals surface area contributed by atoms with Gasteiger partial charge in [-0.05, 0) is 78.1 Å². The summed E-state index contributed by atoms with van der Waals surface area (Å²) >= 11 is 0. The SMILES string of the molecule is CCC(C)(C)C(F)(F)C(F)(F)C(C)(CC)C(C)(CC)C(F)(OC(F)(F)C(F)(F)S(=O)(=O)O)C(F)(F)C(C)(CC)C(C)(C)C(F)(F)C(F)(F)C(C)(CC)C(C)(CC)C(F)(OC(F)(F)C(F)(F)C(F)(F)C(F)(F)S(=O)(=O)O)C(F)(F)C(C)(CC)C(C)(C)C(F)(F)C(F)(F)C(C)(CC)C(C)(C)C(F)(OC(CC)(CC)C(F)(F)C(F)(OC(C)(C)C(F)(F)C(F)(F)C#N)C(F)(F)F)C(F)F. The average Bonchev–Trinajstić information content (AvgIpc) is 0.658. The van der Waals surface area contributed by atoms with Gasteiger partial charge in [-0.1, -0.05) is 173 Å². The van der Waals surface area contributed by atoms with Crippen LogP contribution in [0, 0.1) is 70.9 Å². The molecular formula is C74H104F43NO10S2. The Labute approximate surface area is 721 Å². The topological polar surface area (TPSA) is 169 Å². The first-order valence-electron chi connectivity index (χ1n) is 38.6. The largest absolute Gasteiger partial charge is 0.460 e. The van der Waals surface area contributed by atoms with E-state index in [0.29, 0.717) is 6.92 Å². The lowest BCUT2D eigenvalue weighted by Gasteiger charge is -2.65. The fourth-order valence-electron chi connectivity index (χ4n) is 16.6. The van der Waals surface area contributed by atoms with Gasteiger partial charge in [-0.15, -0.1) is 0 Å². The first-order valence-corrected chi connectivity index (χ1v) is 41.5. The lowest BCUT2D eigenvalue weighted by Crippen LogP contribution is -2.79. The minimum Gasteiger partial charge on any atom is -0.328 e. The van der Waals surface area contributed by atoms with Gasteiger partial charge in [-0.3, -0.25) is 18.6 Å². The molecule has 0 spiro atoms. The van der Waals surface area contributed by atoms with Crippen molar-refractivity contribution in [3.05, 3.63) is 0 Å². The number of hydrogen-bond donors (Lipinski definition) is 2. The van der Waals surface area contributed by atoms with Gasteiger partial charge in [0.05, 0.1) is 0 Å². The molecule has 0 amide bonds. The van der Waals surface area contributed by atoms with Crippen LogP contribution < -0.4 is 0 Å². The molecular weight excluding hydrogens is 1940 g/mol. The molecule has 11 nitrogen and oxygen atoms in total. The third-order valence-electron chi connectivity index (χ3n) is 30.0. The number of halogens is 43. The highest BCUT2D eigenvalue weighted by atomic mass is 32.2. The van der Waals surface area contributed by atoms with Crippen LogP contribution in [0.1, 0.15) is 251 Å². The van der Waals surface area contributed by atoms with E-state index < -0.39 is 408 Å². The molecule has 0 saturated heterocycles. The summed E-state index contributed by atoms with van der Waals surface area (Å²) < 4.78 is 810. The van der Waals surface area contributed by atoms with Gasteiger partial charge in [0.1, 0.15) is 17.3 Å². The first-order chi connectivity index (χ1) is 55.9. The van der Waals surface area contributed by atoms with Crippen LogP contribution in [-0.2, 0) is 39.2 Å². The van der Waals surface area contributed by atoms with E-state index in [1.807, 2.05) is 0 Å². The highest BCUT2D eigenvalue weighted by Gasteiger charge is 2.96. The van der Waals surface area contributed by atoms with E-state index in [4.69, 9.17) is 9.81 Å². The second-order valence-electron chi connectivity index (χ2n) is 36.4. The van der Waals surface area contributed by atoms with Crippen LogP contribution in [0.4, 0.5) is 189 Å². The van der Waals surface area contributed by atoms with Gasteiger partial charge >= 0.3 is 132 Å². The summed E-state index contributed by atoms with van der Waals surface area (Å²) in [6.45, 7) is -12.6. The van der Waals surface area contributed by atoms with Crippen LogP contribution in [0.15, 0.2) is 0 Å². The maximum absolute atomic E-state index is 20.1. The van der Waals surface area contributed by atoms with Gasteiger partial charge in [-0.2, -0.15) is 189 Å². The van der Waals surface area contributed by atoms with Crippen LogP contribution in [0.5, 0.6) is 0 Å². The standard InChI is InChI=1S/C74H104F43NO10S2/c1-28-40(11,12)55(80,81)60(90,91)48(24,32-5)50(26,34-7)68(105,128-72(112,113)74(116,117)130(122,123)124)63(96,97)47(23,31-4)43(17,18)57(84,85)61(92,93)49(25,33-6)51(27,35-8)67(104,127-71(110,111)65(100,101)66(102,103)73(114,115)129(119,120)121)62(94,95)46(22,30-3)42(15,16)56(82,83)59(88,89)45(21,29-2)41(13,14)54(79,39(75)76)126-52(36-9,37-10)64(98,99)69(106,70(107,108)109)125-44(19,20)58(86,87)53(77,78)38-118/h39H,28-37H2,1-27H3,(H,119,120,121)(H,122,123,124). The van der Waals surface area contributed by atoms with Crippen molar-refractivity contribution in [1.29, 1.82) is 5.26 Å². The first kappa shape index (κ1) is 126. The Morgan fingerprint density at radius 1 is 0.269 bits per heavy atom. The number of rotatable bonds is 50. The zero-order valence-electron chi connectivity index (χ0n) is 74.3. The van der Waals surface area contributed by atoms with Crippen molar-refractivity contribution in [3.8, 4) is 6.07 Å². The molecule has 0 aliphatic heterocycles. The number of hydrogen-bond acceptors (Lipinski definition) is 9. The molecule has 2 N–H and O–H groups in total. The lowest BCUT2D eigenvalue weighted by molar-refractivity contribution is -0.511. The molecule has 0 aromatic rings. The molecule has 0 fully saturated rings. The van der Waals surface area contributed by atoms with E-state index in [-0.39, 0.29) is 69.2 Å². The fourth-order valence-corrected chi connectivity index (χ4v) is 17.4. The van der Waals surface area contributed by atoms with Gasteiger partial charge in [0.2, 0.25) is 0 Å². The van der Waals surface area contributed by atoms with Gasteiger partial charge in [0, 0.05) is 59.6 Å². The van der Waals surface area contributed by atoms with Crippen molar-refractivity contribution >= 4 is 20.2 Å². The van der Waals surface area contributed by atoms with Crippen LogP contribution >= 0.6 is 0 Å². The average molecular weight is 2050 g/mol. The van der Waals surface area contributed by atoms with Crippen molar-refractivity contribution in [3.63, 3.8) is 0 Å². The zero-order valence-corrected chi connectivity index (χ0v) is 76.0. The highest BCUT2D eigenvalue weighted by Crippen LogP contribution is 2.81. The Bertz CT molecular complexity index is 4250. The van der Waals surface area contributed by atoms with Crippen LogP contribution in [0.2, 0.25) is 0 Å². The molecule has 0 bridgehead atoms. The summed E-state index contributed by atoms with van der Waals surface area (Å²) in [6.07, 6.45) is -55.4. The highest BCUT2D eigenvalue weighted by molar-refractivity contribution is 7.87. The molecule has 0 radical (unpaired) electrons. The lowest BCUT2D eigenvalue weighted by atomic mass is 9.45. The second kappa shape index (κ2) is 34.6. The normalized spacial score (nSPS) is 21.0. The third-order valence-corrected chi connectivity index (χ3v) is 31.8. The molecule has 0 rings (SSSR count). The smallest absolute Gasteiger partial charge is 0.328 e. The van der Waals surface area contributed by atoms with Crippen LogP contribution in [0.25, 0.3) is 0 Å². The van der Waals surface area contributed by atoms with E-state index in [9.17, 15) is 52.1 Å². The monoisotopic (exact) mass is 2050 g/mol. The third kappa shape index (κ3) is 15.6. The van der Waals surface area contributed by atoms with E-state index in [1.54, 1.807) is 0 Å². The molecule has 0 aliphatic rings. The predicted molar refractivity (Wildman–Crippen MR) is 376 cm³/mol. The number of nitrogens with zero attached hydrogens (tertiary/aromatic N) is 1. The van der Waals surface area contributed by atoms with Gasteiger partial charge in [0.15, 0.2) is 0 Å². The summed E-state index contributed by atoms with van der Waals surface area (Å²) in [7, 11) is -16.7.